The summed E-state index contributed by atoms with van der Waals surface area (Å²) in [5.41, 5.74) is 1.17. The molecule has 2 aliphatic heterocycles. The van der Waals surface area contributed by atoms with Gasteiger partial charge < -0.3 is 9.80 Å². The number of benzene rings is 1. The summed E-state index contributed by atoms with van der Waals surface area (Å²) in [5, 5.41) is 0. The molecule has 0 saturated carbocycles. The van der Waals surface area contributed by atoms with Crippen LogP contribution < -0.4 is 0 Å². The second-order valence-corrected chi connectivity index (χ2v) is 9.05. The molecule has 0 spiro atoms. The zero-order valence-corrected chi connectivity index (χ0v) is 16.8. The van der Waals surface area contributed by atoms with Crippen LogP contribution >= 0.6 is 0 Å². The highest BCUT2D eigenvalue weighted by Crippen LogP contribution is 2.24. The maximum Gasteiger partial charge on any atom is 0.227 e. The average molecular weight is 358 g/mol. The van der Waals surface area contributed by atoms with Gasteiger partial charge in [0, 0.05) is 57.8 Å². The number of carbonyl (C=O) groups excluding carboxylic acids is 1. The number of hydrogen-bond acceptors (Lipinski definition) is 3. The molecule has 4 heteroatoms. The summed E-state index contributed by atoms with van der Waals surface area (Å²) in [7, 11) is 0. The molecule has 0 atom stereocenters. The van der Waals surface area contributed by atoms with Crippen molar-refractivity contribution in [1.29, 1.82) is 0 Å². The van der Waals surface area contributed by atoms with Crippen molar-refractivity contribution in [2.45, 2.75) is 40.2 Å². The van der Waals surface area contributed by atoms with Gasteiger partial charge in [0.2, 0.25) is 5.91 Å². The van der Waals surface area contributed by atoms with E-state index in [0.717, 1.165) is 51.5 Å². The van der Waals surface area contributed by atoms with E-state index >= 15 is 0 Å². The van der Waals surface area contributed by atoms with Gasteiger partial charge in [-0.25, -0.2) is 0 Å². The highest BCUT2D eigenvalue weighted by molar-refractivity contribution is 5.81. The van der Waals surface area contributed by atoms with E-state index in [-0.39, 0.29) is 5.41 Å². The van der Waals surface area contributed by atoms with E-state index in [2.05, 4.69) is 45.0 Å². The molecule has 3 rings (SSSR count). The van der Waals surface area contributed by atoms with Gasteiger partial charge >= 0.3 is 0 Å². The lowest BCUT2D eigenvalue weighted by atomic mass is 9.91. The minimum Gasteiger partial charge on any atom is -0.342 e. The fraction of sp³-hybridized carbons (Fsp3) is 0.682. The first-order chi connectivity index (χ1) is 12.4. The van der Waals surface area contributed by atoms with Gasteiger partial charge in [-0.15, -0.1) is 0 Å². The topological polar surface area (TPSA) is 26.8 Å². The van der Waals surface area contributed by atoms with Crippen LogP contribution in [0.15, 0.2) is 30.3 Å². The summed E-state index contributed by atoms with van der Waals surface area (Å²) in [4.78, 5) is 19.7. The Morgan fingerprint density at radius 1 is 0.923 bits per heavy atom. The van der Waals surface area contributed by atoms with Crippen LogP contribution in [0.3, 0.4) is 0 Å². The second-order valence-electron chi connectivity index (χ2n) is 9.05. The molecule has 0 aliphatic carbocycles. The molecule has 0 aromatic heterocycles. The Kier molecular flexibility index (Phi) is 6.36. The number of likely N-dealkylation sites (tertiary alicyclic amines) is 1. The van der Waals surface area contributed by atoms with Gasteiger partial charge in [-0.2, -0.15) is 0 Å². The lowest BCUT2D eigenvalue weighted by molar-refractivity contribution is -0.141. The minimum absolute atomic E-state index is 0.248. The molecule has 144 valence electrons. The number of piperidine rings is 1. The van der Waals surface area contributed by atoms with E-state index in [9.17, 15) is 4.79 Å². The predicted molar refractivity (Wildman–Crippen MR) is 107 cm³/mol. The largest absolute Gasteiger partial charge is 0.342 e. The smallest absolute Gasteiger partial charge is 0.227 e. The molecule has 4 nitrogen and oxygen atoms in total. The number of amides is 1. The van der Waals surface area contributed by atoms with E-state index in [1.54, 1.807) is 0 Å². The molecule has 2 saturated heterocycles. The quantitative estimate of drug-likeness (QED) is 0.828. The van der Waals surface area contributed by atoms with Crippen molar-refractivity contribution in [3.05, 3.63) is 35.9 Å². The molecule has 2 heterocycles. The van der Waals surface area contributed by atoms with Crippen molar-refractivity contribution >= 4 is 5.91 Å². The summed E-state index contributed by atoms with van der Waals surface area (Å²) in [6, 6.07) is 10.8. The van der Waals surface area contributed by atoms with Crippen LogP contribution in [0.2, 0.25) is 0 Å². The number of carbonyl (C=O) groups is 1. The predicted octanol–water partition coefficient (Wildman–Crippen LogP) is 3.09. The van der Waals surface area contributed by atoms with Crippen LogP contribution in [0.25, 0.3) is 0 Å². The van der Waals surface area contributed by atoms with Crippen LogP contribution in [-0.2, 0) is 11.3 Å². The average Bonchev–Trinajstić information content (AvgIpc) is 2.63. The van der Waals surface area contributed by atoms with E-state index in [4.69, 9.17) is 0 Å². The Morgan fingerprint density at radius 3 is 2.08 bits per heavy atom. The third kappa shape index (κ3) is 5.31. The summed E-state index contributed by atoms with van der Waals surface area (Å²) in [5.74, 6) is 1.06. The molecule has 1 amide bonds. The maximum atomic E-state index is 12.4. The summed E-state index contributed by atoms with van der Waals surface area (Å²) >= 11 is 0. The third-order valence-corrected chi connectivity index (χ3v) is 5.77. The van der Waals surface area contributed by atoms with Gasteiger partial charge in [0.05, 0.1) is 0 Å². The Morgan fingerprint density at radius 2 is 1.50 bits per heavy atom. The Hall–Kier alpha value is -1.39. The van der Waals surface area contributed by atoms with E-state index in [0.29, 0.717) is 5.91 Å². The first kappa shape index (κ1) is 19.4. The normalized spacial score (nSPS) is 21.1. The molecular formula is C22H35N3O. The standard InChI is InChI=1S/C22H35N3O/c1-22(2,3)21(26)25-11-9-20(10-12-25)18-24-15-13-23(14-16-24)17-19-7-5-4-6-8-19/h4-8,20H,9-18H2,1-3H3. The Bertz CT molecular complexity index is 565. The lowest BCUT2D eigenvalue weighted by Crippen LogP contribution is -2.49. The van der Waals surface area contributed by atoms with Crippen molar-refractivity contribution in [1.82, 2.24) is 14.7 Å². The molecule has 0 N–H and O–H groups in total. The fourth-order valence-electron chi connectivity index (χ4n) is 4.13. The van der Waals surface area contributed by atoms with Crippen molar-refractivity contribution in [3.63, 3.8) is 0 Å². The van der Waals surface area contributed by atoms with Gasteiger partial charge in [-0.05, 0) is 24.3 Å². The number of nitrogens with zero attached hydrogens (tertiary/aromatic N) is 3. The summed E-state index contributed by atoms with van der Waals surface area (Å²) in [6.07, 6.45) is 2.32. The van der Waals surface area contributed by atoms with Crippen molar-refractivity contribution < 1.29 is 4.79 Å². The zero-order valence-electron chi connectivity index (χ0n) is 16.8. The number of rotatable bonds is 4. The van der Waals surface area contributed by atoms with Gasteiger partial charge in [-0.3, -0.25) is 9.69 Å². The Balaban J connectivity index is 1.37. The Labute approximate surface area is 159 Å². The monoisotopic (exact) mass is 357 g/mol. The minimum atomic E-state index is -0.248. The highest BCUT2D eigenvalue weighted by atomic mass is 16.2. The summed E-state index contributed by atoms with van der Waals surface area (Å²) in [6.45, 7) is 14.9. The fourth-order valence-corrected chi connectivity index (χ4v) is 4.13. The molecule has 1 aromatic rings. The van der Waals surface area contributed by atoms with Crippen LogP contribution in [0.1, 0.15) is 39.2 Å². The lowest BCUT2D eigenvalue weighted by Gasteiger charge is -2.40. The highest BCUT2D eigenvalue weighted by Gasteiger charge is 2.31. The molecule has 0 bridgehead atoms. The van der Waals surface area contributed by atoms with E-state index in [1.165, 1.54) is 25.2 Å². The third-order valence-electron chi connectivity index (χ3n) is 5.77. The second kappa shape index (κ2) is 8.53. The van der Waals surface area contributed by atoms with Crippen LogP contribution in [0.4, 0.5) is 0 Å². The molecule has 0 unspecified atom stereocenters. The maximum absolute atomic E-state index is 12.4. The van der Waals surface area contributed by atoms with Crippen LogP contribution in [0, 0.1) is 11.3 Å². The number of piperazine rings is 1. The van der Waals surface area contributed by atoms with Gasteiger partial charge in [0.25, 0.3) is 0 Å². The molecule has 0 radical (unpaired) electrons. The van der Waals surface area contributed by atoms with Gasteiger partial charge in [0.1, 0.15) is 0 Å². The molecular weight excluding hydrogens is 322 g/mol. The summed E-state index contributed by atoms with van der Waals surface area (Å²) < 4.78 is 0. The first-order valence-electron chi connectivity index (χ1n) is 10.2. The van der Waals surface area contributed by atoms with Crippen molar-refractivity contribution in [2.24, 2.45) is 11.3 Å². The van der Waals surface area contributed by atoms with E-state index in [1.807, 2.05) is 20.8 Å². The van der Waals surface area contributed by atoms with Gasteiger partial charge in [0.15, 0.2) is 0 Å². The van der Waals surface area contributed by atoms with Crippen LogP contribution in [0.5, 0.6) is 0 Å². The number of hydrogen-bond donors (Lipinski definition) is 0. The van der Waals surface area contributed by atoms with Crippen molar-refractivity contribution in [2.75, 3.05) is 45.8 Å². The molecule has 2 aliphatic rings. The first-order valence-corrected chi connectivity index (χ1v) is 10.2. The molecule has 1 aromatic carbocycles. The van der Waals surface area contributed by atoms with Gasteiger partial charge in [-0.1, -0.05) is 51.1 Å². The molecule has 2 fully saturated rings. The van der Waals surface area contributed by atoms with Crippen LogP contribution in [-0.4, -0.2) is 66.4 Å². The SMILES string of the molecule is CC(C)(C)C(=O)N1CCC(CN2CCN(Cc3ccccc3)CC2)CC1. The van der Waals surface area contributed by atoms with Crippen molar-refractivity contribution in [3.8, 4) is 0 Å². The molecule has 26 heavy (non-hydrogen) atoms. The zero-order chi connectivity index (χ0) is 18.6. The van der Waals surface area contributed by atoms with E-state index < -0.39 is 0 Å².